The van der Waals surface area contributed by atoms with Crippen molar-refractivity contribution >= 4 is 23.3 Å². The van der Waals surface area contributed by atoms with Gasteiger partial charge in [-0.25, -0.2) is 18.7 Å². The highest BCUT2D eigenvalue weighted by Gasteiger charge is 2.25. The second kappa shape index (κ2) is 12.2. The first-order valence-corrected chi connectivity index (χ1v) is 12.7. The zero-order valence-corrected chi connectivity index (χ0v) is 22.6. The molecule has 0 radical (unpaired) electrons. The molecule has 0 aliphatic heterocycles. The minimum absolute atomic E-state index is 0.00911. The third-order valence-corrected chi connectivity index (χ3v) is 6.63. The number of carbonyl (C=O) groups excluding carboxylic acids is 2. The summed E-state index contributed by atoms with van der Waals surface area (Å²) in [5.74, 6) is -1.87. The van der Waals surface area contributed by atoms with Crippen molar-refractivity contribution in [2.45, 2.75) is 25.7 Å². The van der Waals surface area contributed by atoms with Crippen molar-refractivity contribution in [3.63, 3.8) is 0 Å². The van der Waals surface area contributed by atoms with Gasteiger partial charge in [-0.1, -0.05) is 12.6 Å². The number of methoxy groups -OCH3 is 1. The van der Waals surface area contributed by atoms with Gasteiger partial charge >= 0.3 is 0 Å². The molecule has 3 N–H and O–H groups in total. The van der Waals surface area contributed by atoms with Crippen LogP contribution in [0.5, 0.6) is 5.75 Å². The van der Waals surface area contributed by atoms with Crippen molar-refractivity contribution in [2.75, 3.05) is 45.0 Å². The summed E-state index contributed by atoms with van der Waals surface area (Å²) in [5, 5.41) is 2.61. The van der Waals surface area contributed by atoms with Gasteiger partial charge < -0.3 is 25.4 Å². The molecule has 9 nitrogen and oxygen atoms in total. The van der Waals surface area contributed by atoms with Gasteiger partial charge in [0.2, 0.25) is 0 Å². The topological polar surface area (TPSA) is 120 Å². The van der Waals surface area contributed by atoms with Crippen molar-refractivity contribution in [2.24, 2.45) is 0 Å². The fourth-order valence-electron chi connectivity index (χ4n) is 4.24. The van der Waals surface area contributed by atoms with E-state index in [9.17, 15) is 18.4 Å². The van der Waals surface area contributed by atoms with Crippen LogP contribution in [-0.2, 0) is 9.53 Å². The van der Waals surface area contributed by atoms with Gasteiger partial charge in [-0.2, -0.15) is 0 Å². The standard InChI is InChI=1S/C29H31F2N5O4/c1-16(14-39-4)29(38)36(3)9-10-40-26-25(33-15-34-27(26)32)22-12-20(30)13-24(17(22)2)35-28(37)21-8-7-19(11-23(21)31)18-5-6-18/h7-8,11-13,15,18H,1,5-6,9-10,14H2,2-4H3,(H,35,37)(H2,32,33,34). The first-order valence-electron chi connectivity index (χ1n) is 12.7. The molecule has 0 unspecified atom stereocenters. The zero-order chi connectivity index (χ0) is 29.0. The Bertz CT molecular complexity index is 1460. The number of hydrogen-bond donors (Lipinski definition) is 2. The van der Waals surface area contributed by atoms with Crippen molar-refractivity contribution in [3.8, 4) is 17.0 Å². The van der Waals surface area contributed by atoms with Gasteiger partial charge in [0.05, 0.1) is 18.7 Å². The van der Waals surface area contributed by atoms with Crippen LogP contribution in [0.15, 0.2) is 48.8 Å². The SMILES string of the molecule is C=C(COC)C(=O)N(C)CCOc1c(N)ncnc1-c1cc(F)cc(NC(=O)c2ccc(C3CC3)cc2F)c1C. The Labute approximate surface area is 231 Å². The number of likely N-dealkylation sites (N-methyl/N-ethyl adjacent to an activating group) is 1. The van der Waals surface area contributed by atoms with E-state index in [2.05, 4.69) is 21.9 Å². The number of anilines is 2. The summed E-state index contributed by atoms with van der Waals surface area (Å²) in [4.78, 5) is 34.9. The number of ether oxygens (including phenoxy) is 2. The van der Waals surface area contributed by atoms with Gasteiger partial charge in [-0.05, 0) is 61.1 Å². The molecule has 2 aromatic carbocycles. The Balaban J connectivity index is 1.55. The summed E-state index contributed by atoms with van der Waals surface area (Å²) in [6, 6.07) is 6.94. The van der Waals surface area contributed by atoms with Gasteiger partial charge in [0.15, 0.2) is 11.6 Å². The van der Waals surface area contributed by atoms with E-state index in [0.717, 1.165) is 24.5 Å². The molecule has 0 atom stereocenters. The molecule has 4 rings (SSSR count). The van der Waals surface area contributed by atoms with E-state index in [-0.39, 0.29) is 59.8 Å². The molecule has 0 saturated heterocycles. The van der Waals surface area contributed by atoms with E-state index >= 15 is 0 Å². The summed E-state index contributed by atoms with van der Waals surface area (Å²) < 4.78 is 40.3. The van der Waals surface area contributed by atoms with E-state index in [1.165, 1.54) is 36.5 Å². The van der Waals surface area contributed by atoms with Crippen LogP contribution in [0.3, 0.4) is 0 Å². The summed E-state index contributed by atoms with van der Waals surface area (Å²) in [6.45, 7) is 5.67. The first-order chi connectivity index (χ1) is 19.1. The van der Waals surface area contributed by atoms with Gasteiger partial charge in [-0.15, -0.1) is 0 Å². The zero-order valence-electron chi connectivity index (χ0n) is 22.6. The highest BCUT2D eigenvalue weighted by Crippen LogP contribution is 2.40. The fraction of sp³-hybridized carbons (Fsp3) is 0.310. The van der Waals surface area contributed by atoms with Crippen LogP contribution in [0.25, 0.3) is 11.3 Å². The molecule has 11 heteroatoms. The highest BCUT2D eigenvalue weighted by atomic mass is 19.1. The van der Waals surface area contributed by atoms with Crippen LogP contribution < -0.4 is 15.8 Å². The largest absolute Gasteiger partial charge is 0.486 e. The van der Waals surface area contributed by atoms with Gasteiger partial charge in [0.25, 0.3) is 11.8 Å². The predicted octanol–water partition coefficient (Wildman–Crippen LogP) is 4.48. The van der Waals surface area contributed by atoms with E-state index in [1.54, 1.807) is 20.0 Å². The second-order valence-corrected chi connectivity index (χ2v) is 9.64. The molecule has 1 saturated carbocycles. The quantitative estimate of drug-likeness (QED) is 0.337. The normalized spacial score (nSPS) is 12.6. The maximum Gasteiger partial charge on any atom is 0.258 e. The molecule has 3 aromatic rings. The Morgan fingerprint density at radius 1 is 1.20 bits per heavy atom. The molecule has 1 fully saturated rings. The maximum absolute atomic E-state index is 14.8. The smallest absolute Gasteiger partial charge is 0.258 e. The van der Waals surface area contributed by atoms with Gasteiger partial charge in [-0.3, -0.25) is 9.59 Å². The average molecular weight is 552 g/mol. The molecular formula is C29H31F2N5O4. The molecule has 1 aliphatic carbocycles. The monoisotopic (exact) mass is 551 g/mol. The molecule has 210 valence electrons. The Morgan fingerprint density at radius 3 is 2.62 bits per heavy atom. The van der Waals surface area contributed by atoms with Crippen LogP contribution in [0, 0.1) is 18.6 Å². The maximum atomic E-state index is 14.8. The van der Waals surface area contributed by atoms with Gasteiger partial charge in [0, 0.05) is 31.0 Å². The van der Waals surface area contributed by atoms with Crippen LogP contribution in [0.1, 0.15) is 40.2 Å². The first kappa shape index (κ1) is 28.6. The summed E-state index contributed by atoms with van der Waals surface area (Å²) in [5.41, 5.74) is 8.15. The number of halogens is 2. The highest BCUT2D eigenvalue weighted by molar-refractivity contribution is 6.05. The van der Waals surface area contributed by atoms with E-state index in [4.69, 9.17) is 15.2 Å². The Hall–Kier alpha value is -4.38. The van der Waals surface area contributed by atoms with Crippen molar-refractivity contribution < 1.29 is 27.8 Å². The molecule has 2 amide bonds. The number of benzene rings is 2. The van der Waals surface area contributed by atoms with E-state index in [1.807, 2.05) is 0 Å². The number of nitrogens with zero attached hydrogens (tertiary/aromatic N) is 3. The Kier molecular flexibility index (Phi) is 8.73. The summed E-state index contributed by atoms with van der Waals surface area (Å²) in [7, 11) is 3.06. The molecular weight excluding hydrogens is 520 g/mol. The number of nitrogens with one attached hydrogen (secondary N) is 1. The van der Waals surface area contributed by atoms with Crippen molar-refractivity contribution in [3.05, 3.63) is 77.1 Å². The van der Waals surface area contributed by atoms with Crippen LogP contribution >= 0.6 is 0 Å². The minimum atomic E-state index is -0.707. The fourth-order valence-corrected chi connectivity index (χ4v) is 4.24. The minimum Gasteiger partial charge on any atom is -0.486 e. The molecule has 1 heterocycles. The number of nitrogen functional groups attached to an aromatic ring is 1. The van der Waals surface area contributed by atoms with Crippen LogP contribution in [0.4, 0.5) is 20.3 Å². The molecule has 1 aliphatic rings. The van der Waals surface area contributed by atoms with Crippen molar-refractivity contribution in [1.82, 2.24) is 14.9 Å². The number of aromatic nitrogens is 2. The molecule has 40 heavy (non-hydrogen) atoms. The van der Waals surface area contributed by atoms with Crippen LogP contribution in [0.2, 0.25) is 0 Å². The predicted molar refractivity (Wildman–Crippen MR) is 147 cm³/mol. The summed E-state index contributed by atoms with van der Waals surface area (Å²) in [6.07, 6.45) is 3.23. The number of carbonyl (C=O) groups is 2. The lowest BCUT2D eigenvalue weighted by Gasteiger charge is -2.20. The van der Waals surface area contributed by atoms with E-state index < -0.39 is 17.5 Å². The van der Waals surface area contributed by atoms with Gasteiger partial charge in [0.1, 0.15) is 30.3 Å². The molecule has 0 bridgehead atoms. The molecule has 1 aromatic heterocycles. The van der Waals surface area contributed by atoms with Crippen molar-refractivity contribution in [1.29, 1.82) is 0 Å². The van der Waals surface area contributed by atoms with Crippen LogP contribution in [-0.4, -0.2) is 60.6 Å². The third-order valence-electron chi connectivity index (χ3n) is 6.63. The lowest BCUT2D eigenvalue weighted by atomic mass is 10.0. The average Bonchev–Trinajstić information content (AvgIpc) is 3.76. The number of rotatable bonds is 11. The summed E-state index contributed by atoms with van der Waals surface area (Å²) >= 11 is 0. The lowest BCUT2D eigenvalue weighted by Crippen LogP contribution is -2.32. The Morgan fingerprint density at radius 2 is 1.95 bits per heavy atom. The number of hydrogen-bond acceptors (Lipinski definition) is 7. The third kappa shape index (κ3) is 6.42. The molecule has 0 spiro atoms. The number of nitrogens with two attached hydrogens (primary N) is 1. The number of amides is 2. The van der Waals surface area contributed by atoms with E-state index in [0.29, 0.717) is 17.0 Å². The lowest BCUT2D eigenvalue weighted by molar-refractivity contribution is -0.126. The second-order valence-electron chi connectivity index (χ2n) is 9.64.